The molecule has 0 aliphatic carbocycles. The van der Waals surface area contributed by atoms with Gasteiger partial charge in [-0.15, -0.1) is 0 Å². The van der Waals surface area contributed by atoms with E-state index in [1.165, 1.54) is 6.07 Å². The highest BCUT2D eigenvalue weighted by atomic mass is 16.5. The number of ether oxygens (including phenoxy) is 2. The van der Waals surface area contributed by atoms with E-state index in [9.17, 15) is 9.59 Å². The van der Waals surface area contributed by atoms with Crippen LogP contribution in [0.1, 0.15) is 16.7 Å². The van der Waals surface area contributed by atoms with Crippen molar-refractivity contribution >= 4 is 27.9 Å². The minimum Gasteiger partial charge on any atom is -0.497 e. The molecule has 0 N–H and O–H groups in total. The van der Waals surface area contributed by atoms with Crippen LogP contribution in [0.15, 0.2) is 62.4 Å². The van der Waals surface area contributed by atoms with Crippen molar-refractivity contribution < 1.29 is 23.1 Å². The third-order valence-electron chi connectivity index (χ3n) is 4.57. The molecule has 0 spiro atoms. The molecule has 2 heterocycles. The maximum atomic E-state index is 12.3. The zero-order valence-corrected chi connectivity index (χ0v) is 15.5. The monoisotopic (exact) mass is 378 g/mol. The number of esters is 1. The summed E-state index contributed by atoms with van der Waals surface area (Å²) in [6.07, 6.45) is 1.61. The summed E-state index contributed by atoms with van der Waals surface area (Å²) in [5.41, 5.74) is 2.97. The zero-order chi connectivity index (χ0) is 19.7. The number of fused-ring (bicyclic) bond motifs is 2. The number of hydrogen-bond donors (Lipinski definition) is 0. The Balaban J connectivity index is 1.51. The third kappa shape index (κ3) is 3.49. The Morgan fingerprint density at radius 3 is 2.61 bits per heavy atom. The van der Waals surface area contributed by atoms with Crippen LogP contribution in [0.5, 0.6) is 5.75 Å². The first-order valence-corrected chi connectivity index (χ1v) is 8.76. The molecule has 0 amide bonds. The molecule has 0 radical (unpaired) electrons. The maximum absolute atomic E-state index is 12.3. The van der Waals surface area contributed by atoms with Crippen LogP contribution in [0.4, 0.5) is 0 Å². The lowest BCUT2D eigenvalue weighted by Gasteiger charge is -2.07. The van der Waals surface area contributed by atoms with Gasteiger partial charge in [-0.05, 0) is 30.7 Å². The second-order valence-corrected chi connectivity index (χ2v) is 6.55. The smallest absolute Gasteiger partial charge is 0.336 e. The SMILES string of the molecule is COc1ccc2c(CC(=O)OCc3cc(=O)oc4cc(C)ccc34)coc2c1. The van der Waals surface area contributed by atoms with E-state index >= 15 is 0 Å². The number of carbonyl (C=O) groups is 1. The minimum absolute atomic E-state index is 0.00635. The van der Waals surface area contributed by atoms with E-state index < -0.39 is 11.6 Å². The first kappa shape index (κ1) is 17.9. The highest BCUT2D eigenvalue weighted by molar-refractivity contribution is 5.87. The van der Waals surface area contributed by atoms with E-state index in [0.29, 0.717) is 22.5 Å². The lowest BCUT2D eigenvalue weighted by atomic mass is 10.1. The van der Waals surface area contributed by atoms with Gasteiger partial charge in [0.15, 0.2) is 0 Å². The summed E-state index contributed by atoms with van der Waals surface area (Å²) >= 11 is 0. The second-order valence-electron chi connectivity index (χ2n) is 6.55. The number of rotatable bonds is 5. The molecule has 0 bridgehead atoms. The number of hydrogen-bond acceptors (Lipinski definition) is 6. The van der Waals surface area contributed by atoms with Crippen molar-refractivity contribution in [2.75, 3.05) is 7.11 Å². The van der Waals surface area contributed by atoms with Crippen molar-refractivity contribution in [1.82, 2.24) is 0 Å². The van der Waals surface area contributed by atoms with Crippen LogP contribution >= 0.6 is 0 Å². The molecular formula is C22H18O6. The lowest BCUT2D eigenvalue weighted by molar-refractivity contribution is -0.144. The molecule has 6 nitrogen and oxygen atoms in total. The van der Waals surface area contributed by atoms with Crippen molar-refractivity contribution in [2.24, 2.45) is 0 Å². The van der Waals surface area contributed by atoms with Crippen molar-refractivity contribution in [3.8, 4) is 5.75 Å². The molecule has 0 saturated carbocycles. The van der Waals surface area contributed by atoms with Crippen LogP contribution in [-0.4, -0.2) is 13.1 Å². The molecule has 0 unspecified atom stereocenters. The highest BCUT2D eigenvalue weighted by Crippen LogP contribution is 2.26. The molecule has 0 saturated heterocycles. The van der Waals surface area contributed by atoms with Gasteiger partial charge in [0.2, 0.25) is 0 Å². The molecule has 0 fully saturated rings. The first-order valence-electron chi connectivity index (χ1n) is 8.76. The third-order valence-corrected chi connectivity index (χ3v) is 4.57. The number of carbonyl (C=O) groups excluding carboxylic acids is 1. The van der Waals surface area contributed by atoms with E-state index in [0.717, 1.165) is 21.9 Å². The Morgan fingerprint density at radius 2 is 1.79 bits per heavy atom. The first-order chi connectivity index (χ1) is 13.5. The molecule has 0 atom stereocenters. The van der Waals surface area contributed by atoms with Crippen LogP contribution in [0.2, 0.25) is 0 Å². The van der Waals surface area contributed by atoms with Crippen LogP contribution in [0, 0.1) is 6.92 Å². The van der Waals surface area contributed by atoms with E-state index in [1.54, 1.807) is 25.5 Å². The highest BCUT2D eigenvalue weighted by Gasteiger charge is 2.14. The van der Waals surface area contributed by atoms with Crippen LogP contribution in [0.25, 0.3) is 21.9 Å². The normalized spacial score (nSPS) is 11.1. The molecule has 4 aromatic rings. The standard InChI is InChI=1S/C22H18O6/c1-13-3-5-18-15(9-22(24)28-20(18)7-13)12-27-21(23)8-14-11-26-19-10-16(25-2)4-6-17(14)19/h3-7,9-11H,8,12H2,1-2H3. The molecule has 142 valence electrons. The number of furan rings is 1. The van der Waals surface area contributed by atoms with Gasteiger partial charge >= 0.3 is 11.6 Å². The van der Waals surface area contributed by atoms with Crippen LogP contribution in [-0.2, 0) is 22.6 Å². The van der Waals surface area contributed by atoms with Gasteiger partial charge in [-0.25, -0.2) is 4.79 Å². The van der Waals surface area contributed by atoms with E-state index in [2.05, 4.69) is 0 Å². The molecule has 2 aromatic heterocycles. The van der Waals surface area contributed by atoms with E-state index in [4.69, 9.17) is 18.3 Å². The molecule has 28 heavy (non-hydrogen) atoms. The maximum Gasteiger partial charge on any atom is 0.336 e. The molecule has 6 heteroatoms. The summed E-state index contributed by atoms with van der Waals surface area (Å²) in [5.74, 6) is 0.271. The summed E-state index contributed by atoms with van der Waals surface area (Å²) in [6.45, 7) is 1.91. The number of benzene rings is 2. The second kappa shape index (κ2) is 7.23. The summed E-state index contributed by atoms with van der Waals surface area (Å²) in [6, 6.07) is 12.3. The van der Waals surface area contributed by atoms with Gasteiger partial charge in [-0.3, -0.25) is 4.79 Å². The van der Waals surface area contributed by atoms with Gasteiger partial charge in [-0.2, -0.15) is 0 Å². The minimum atomic E-state index is -0.473. The van der Waals surface area contributed by atoms with Gasteiger partial charge in [-0.1, -0.05) is 12.1 Å². The molecule has 0 aliphatic heterocycles. The number of methoxy groups -OCH3 is 1. The Hall–Kier alpha value is -3.54. The van der Waals surface area contributed by atoms with Crippen molar-refractivity contribution in [2.45, 2.75) is 20.0 Å². The predicted molar refractivity (Wildman–Crippen MR) is 103 cm³/mol. The largest absolute Gasteiger partial charge is 0.497 e. The molecule has 0 aliphatic rings. The summed E-state index contributed by atoms with van der Waals surface area (Å²) < 4.78 is 21.3. The average molecular weight is 378 g/mol. The summed E-state index contributed by atoms with van der Waals surface area (Å²) in [5, 5.41) is 1.58. The van der Waals surface area contributed by atoms with Gasteiger partial charge in [0.1, 0.15) is 23.5 Å². The van der Waals surface area contributed by atoms with Gasteiger partial charge in [0.25, 0.3) is 0 Å². The van der Waals surface area contributed by atoms with Gasteiger partial charge in [0.05, 0.1) is 19.8 Å². The molecule has 4 rings (SSSR count). The van der Waals surface area contributed by atoms with Crippen molar-refractivity contribution in [3.05, 3.63) is 75.8 Å². The fourth-order valence-electron chi connectivity index (χ4n) is 3.15. The Kier molecular flexibility index (Phi) is 4.61. The van der Waals surface area contributed by atoms with E-state index in [1.807, 2.05) is 31.2 Å². The van der Waals surface area contributed by atoms with Gasteiger partial charge in [0, 0.05) is 34.0 Å². The van der Waals surface area contributed by atoms with Gasteiger partial charge < -0.3 is 18.3 Å². The summed E-state index contributed by atoms with van der Waals surface area (Å²) in [4.78, 5) is 24.1. The van der Waals surface area contributed by atoms with Crippen LogP contribution in [0.3, 0.4) is 0 Å². The predicted octanol–water partition coefficient (Wildman–Crippen LogP) is 4.14. The Bertz CT molecular complexity index is 1230. The Morgan fingerprint density at radius 1 is 1.00 bits per heavy atom. The zero-order valence-electron chi connectivity index (χ0n) is 15.5. The molecule has 2 aromatic carbocycles. The fraction of sp³-hybridized carbons (Fsp3) is 0.182. The van der Waals surface area contributed by atoms with Crippen molar-refractivity contribution in [1.29, 1.82) is 0 Å². The summed E-state index contributed by atoms with van der Waals surface area (Å²) in [7, 11) is 1.58. The van der Waals surface area contributed by atoms with Crippen LogP contribution < -0.4 is 10.4 Å². The molecular weight excluding hydrogens is 360 g/mol. The lowest BCUT2D eigenvalue weighted by Crippen LogP contribution is -2.09. The number of aryl methyl sites for hydroxylation is 1. The van der Waals surface area contributed by atoms with Crippen molar-refractivity contribution in [3.63, 3.8) is 0 Å². The topological polar surface area (TPSA) is 78.9 Å². The average Bonchev–Trinajstić information content (AvgIpc) is 3.07. The Labute approximate surface area is 160 Å². The quantitative estimate of drug-likeness (QED) is 0.384. The van der Waals surface area contributed by atoms with E-state index in [-0.39, 0.29) is 13.0 Å². The fourth-order valence-corrected chi connectivity index (χ4v) is 3.15.